The Morgan fingerprint density at radius 3 is 2.43 bits per heavy atom. The number of hydrogen-bond donors (Lipinski definition) is 3. The summed E-state index contributed by atoms with van der Waals surface area (Å²) in [6, 6.07) is -1.73. The highest BCUT2D eigenvalue weighted by molar-refractivity contribution is 6.06. The normalized spacial score (nSPS) is 24.8. The number of likely N-dealkylation sites (tertiary alicyclic amines) is 1. The van der Waals surface area contributed by atoms with Crippen LogP contribution in [0, 0.1) is 0 Å². The first kappa shape index (κ1) is 15.2. The van der Waals surface area contributed by atoms with Gasteiger partial charge < -0.3 is 20.5 Å². The zero-order chi connectivity index (χ0) is 15.6. The Hall–Kier alpha value is -2.16. The van der Waals surface area contributed by atoms with Gasteiger partial charge in [-0.3, -0.25) is 14.5 Å². The summed E-state index contributed by atoms with van der Waals surface area (Å²) in [4.78, 5) is 47.3. The van der Waals surface area contributed by atoms with Crippen molar-refractivity contribution in [3.63, 3.8) is 0 Å². The van der Waals surface area contributed by atoms with Crippen LogP contribution in [0.5, 0.6) is 0 Å². The van der Waals surface area contributed by atoms with E-state index in [0.717, 1.165) is 4.90 Å². The van der Waals surface area contributed by atoms with E-state index in [4.69, 9.17) is 4.74 Å². The fourth-order valence-corrected chi connectivity index (χ4v) is 2.39. The second-order valence-electron chi connectivity index (χ2n) is 5.15. The summed E-state index contributed by atoms with van der Waals surface area (Å²) in [5, 5.41) is 14.1. The molecule has 2 aliphatic heterocycles. The van der Waals surface area contributed by atoms with Gasteiger partial charge in [-0.1, -0.05) is 0 Å². The Morgan fingerprint density at radius 1 is 1.33 bits per heavy atom. The molecule has 0 saturated carbocycles. The molecule has 21 heavy (non-hydrogen) atoms. The molecule has 2 saturated heterocycles. The number of amides is 4. The number of likely N-dealkylation sites (N-methyl/N-ethyl adjacent to an activating group) is 1. The number of nitrogens with zero attached hydrogens (tertiary/aromatic N) is 1. The third-order valence-electron chi connectivity index (χ3n) is 3.80. The molecule has 0 radical (unpaired) electrons. The molecule has 0 aromatic heterocycles. The molecule has 0 bridgehead atoms. The van der Waals surface area contributed by atoms with Crippen LogP contribution in [0.2, 0.25) is 0 Å². The van der Waals surface area contributed by atoms with Gasteiger partial charge in [0.2, 0.25) is 5.91 Å². The molecular formula is C12H17N3O6. The summed E-state index contributed by atoms with van der Waals surface area (Å²) in [6.45, 7) is 0.465. The molecule has 2 rings (SSSR count). The van der Waals surface area contributed by atoms with Gasteiger partial charge in [0.05, 0.1) is 6.42 Å². The Kier molecular flexibility index (Phi) is 4.12. The van der Waals surface area contributed by atoms with Gasteiger partial charge in [-0.15, -0.1) is 0 Å². The number of carbonyl (C=O) groups is 4. The number of hydrogen-bond acceptors (Lipinski definition) is 5. The Balaban J connectivity index is 1.99. The van der Waals surface area contributed by atoms with Gasteiger partial charge in [0, 0.05) is 33.1 Å². The van der Waals surface area contributed by atoms with Crippen molar-refractivity contribution >= 4 is 23.8 Å². The Morgan fingerprint density at radius 2 is 1.95 bits per heavy atom. The molecule has 1 unspecified atom stereocenters. The van der Waals surface area contributed by atoms with E-state index in [1.54, 1.807) is 0 Å². The fourth-order valence-electron chi connectivity index (χ4n) is 2.39. The van der Waals surface area contributed by atoms with E-state index >= 15 is 0 Å². The number of carboxylic acids is 1. The first-order valence-corrected chi connectivity index (χ1v) is 6.56. The van der Waals surface area contributed by atoms with E-state index < -0.39 is 29.5 Å². The van der Waals surface area contributed by atoms with Crippen LogP contribution in [0.4, 0.5) is 4.79 Å². The molecule has 0 spiro atoms. The largest absolute Gasteiger partial charge is 0.480 e. The lowest BCUT2D eigenvalue weighted by Gasteiger charge is -2.34. The average molecular weight is 299 g/mol. The van der Waals surface area contributed by atoms with E-state index in [0.29, 0.717) is 0 Å². The SMILES string of the molecule is CN1C(=O)CC(NC(=O)NC2(C(=O)O)CCOCC2)C1=O. The van der Waals surface area contributed by atoms with Crippen molar-refractivity contribution in [3.8, 4) is 0 Å². The lowest BCUT2D eigenvalue weighted by molar-refractivity contribution is -0.148. The Bertz CT molecular complexity index is 485. The lowest BCUT2D eigenvalue weighted by Crippen LogP contribution is -2.61. The van der Waals surface area contributed by atoms with Crippen LogP contribution in [0.3, 0.4) is 0 Å². The number of urea groups is 1. The molecule has 116 valence electrons. The summed E-state index contributed by atoms with van der Waals surface area (Å²) in [7, 11) is 1.33. The van der Waals surface area contributed by atoms with Crippen molar-refractivity contribution in [2.75, 3.05) is 20.3 Å². The number of rotatable bonds is 3. The minimum Gasteiger partial charge on any atom is -0.480 e. The van der Waals surface area contributed by atoms with Crippen molar-refractivity contribution in [2.45, 2.75) is 30.8 Å². The number of aliphatic carboxylic acids is 1. The predicted octanol–water partition coefficient (Wildman–Crippen LogP) is -1.32. The second-order valence-corrected chi connectivity index (χ2v) is 5.15. The van der Waals surface area contributed by atoms with E-state index in [1.165, 1.54) is 7.05 Å². The van der Waals surface area contributed by atoms with Crippen LogP contribution in [0.1, 0.15) is 19.3 Å². The first-order chi connectivity index (χ1) is 9.85. The van der Waals surface area contributed by atoms with Crippen LogP contribution in [-0.4, -0.2) is 65.7 Å². The van der Waals surface area contributed by atoms with Crippen molar-refractivity contribution in [1.82, 2.24) is 15.5 Å². The zero-order valence-corrected chi connectivity index (χ0v) is 11.5. The number of ether oxygens (including phenoxy) is 1. The summed E-state index contributed by atoms with van der Waals surface area (Å²) in [6.07, 6.45) is 0.173. The Labute approximate surface area is 120 Å². The third-order valence-corrected chi connectivity index (χ3v) is 3.80. The van der Waals surface area contributed by atoms with Crippen LogP contribution in [0.15, 0.2) is 0 Å². The molecule has 4 amide bonds. The third kappa shape index (κ3) is 2.97. The molecule has 0 aromatic carbocycles. The van der Waals surface area contributed by atoms with Crippen molar-refractivity contribution in [3.05, 3.63) is 0 Å². The quantitative estimate of drug-likeness (QED) is 0.555. The molecule has 0 aromatic rings. The molecule has 2 fully saturated rings. The first-order valence-electron chi connectivity index (χ1n) is 6.56. The molecule has 9 nitrogen and oxygen atoms in total. The molecule has 2 heterocycles. The fraction of sp³-hybridized carbons (Fsp3) is 0.667. The van der Waals surface area contributed by atoms with Crippen molar-refractivity contribution in [2.24, 2.45) is 0 Å². The summed E-state index contributed by atoms with van der Waals surface area (Å²) in [5.74, 6) is -2.04. The van der Waals surface area contributed by atoms with Crippen molar-refractivity contribution < 1.29 is 29.0 Å². The van der Waals surface area contributed by atoms with Gasteiger partial charge in [0.25, 0.3) is 5.91 Å². The highest BCUT2D eigenvalue weighted by Crippen LogP contribution is 2.21. The zero-order valence-electron chi connectivity index (χ0n) is 11.5. The van der Waals surface area contributed by atoms with E-state index in [9.17, 15) is 24.3 Å². The molecule has 1 atom stereocenters. The van der Waals surface area contributed by atoms with Crippen molar-refractivity contribution in [1.29, 1.82) is 0 Å². The van der Waals surface area contributed by atoms with Gasteiger partial charge in [-0.05, 0) is 0 Å². The monoisotopic (exact) mass is 299 g/mol. The van der Waals surface area contributed by atoms with E-state index in [2.05, 4.69) is 10.6 Å². The maximum Gasteiger partial charge on any atom is 0.329 e. The lowest BCUT2D eigenvalue weighted by atomic mass is 9.90. The van der Waals surface area contributed by atoms with Crippen LogP contribution in [0.25, 0.3) is 0 Å². The molecule has 3 N–H and O–H groups in total. The van der Waals surface area contributed by atoms with Gasteiger partial charge in [0.15, 0.2) is 0 Å². The molecule has 9 heteroatoms. The number of nitrogens with one attached hydrogen (secondary N) is 2. The van der Waals surface area contributed by atoms with Crippen LogP contribution >= 0.6 is 0 Å². The number of carboxylic acid groups (broad SMARTS) is 1. The molecular weight excluding hydrogens is 282 g/mol. The number of imide groups is 1. The van der Waals surface area contributed by atoms with Gasteiger partial charge in [0.1, 0.15) is 11.6 Å². The maximum atomic E-state index is 11.9. The summed E-state index contributed by atoms with van der Waals surface area (Å²) < 4.78 is 5.09. The van der Waals surface area contributed by atoms with Crippen LogP contribution < -0.4 is 10.6 Å². The minimum atomic E-state index is -1.40. The molecule has 0 aliphatic carbocycles. The standard InChI is InChI=1S/C12H17N3O6/c1-15-8(16)6-7(9(15)17)13-11(20)14-12(10(18)19)2-4-21-5-3-12/h7H,2-6H2,1H3,(H,18,19)(H2,13,14,20). The smallest absolute Gasteiger partial charge is 0.329 e. The maximum absolute atomic E-state index is 11.9. The molecule has 2 aliphatic rings. The topological polar surface area (TPSA) is 125 Å². The summed E-state index contributed by atoms with van der Waals surface area (Å²) >= 11 is 0. The highest BCUT2D eigenvalue weighted by atomic mass is 16.5. The minimum absolute atomic E-state index is 0.119. The van der Waals surface area contributed by atoms with E-state index in [1.807, 2.05) is 0 Å². The van der Waals surface area contributed by atoms with Gasteiger partial charge >= 0.3 is 12.0 Å². The van der Waals surface area contributed by atoms with Crippen LogP contribution in [-0.2, 0) is 19.1 Å². The predicted molar refractivity (Wildman–Crippen MR) is 68.3 cm³/mol. The van der Waals surface area contributed by atoms with Gasteiger partial charge in [-0.2, -0.15) is 0 Å². The summed E-state index contributed by atoms with van der Waals surface area (Å²) in [5.41, 5.74) is -1.40. The number of carbonyl (C=O) groups excluding carboxylic acids is 3. The second kappa shape index (κ2) is 5.68. The average Bonchev–Trinajstić information content (AvgIpc) is 2.67. The van der Waals surface area contributed by atoms with E-state index in [-0.39, 0.29) is 38.4 Å². The highest BCUT2D eigenvalue weighted by Gasteiger charge is 2.43. The van der Waals surface area contributed by atoms with Gasteiger partial charge in [-0.25, -0.2) is 9.59 Å².